The Morgan fingerprint density at radius 3 is 2.68 bits per heavy atom. The lowest BCUT2D eigenvalue weighted by molar-refractivity contribution is 0.222. The fraction of sp³-hybridized carbons (Fsp3) is 0.579. The average Bonchev–Trinajstić information content (AvgIpc) is 3.32. The Morgan fingerprint density at radius 1 is 1.20 bits per heavy atom. The number of carbonyl (C=O) groups is 1. The molecule has 0 bridgehead atoms. The number of carbonyl (C=O) groups excluding carboxylic acids is 1. The van der Waals surface area contributed by atoms with E-state index in [1.165, 1.54) is 25.7 Å². The number of hydrogen-bond donors (Lipinski definition) is 3. The lowest BCUT2D eigenvalue weighted by atomic mass is 10.2. The van der Waals surface area contributed by atoms with Crippen molar-refractivity contribution in [3.8, 4) is 0 Å². The molecule has 0 spiro atoms. The number of rotatable bonds is 4. The maximum absolute atomic E-state index is 12.2. The lowest BCUT2D eigenvalue weighted by Crippen LogP contribution is -2.41. The van der Waals surface area contributed by atoms with E-state index >= 15 is 0 Å². The fourth-order valence-corrected chi connectivity index (χ4v) is 3.53. The van der Waals surface area contributed by atoms with Gasteiger partial charge < -0.3 is 20.9 Å². The van der Waals surface area contributed by atoms with E-state index in [1.54, 1.807) is 7.05 Å². The molecule has 0 unspecified atom stereocenters. The molecule has 1 aromatic carbocycles. The molecule has 6 heteroatoms. The summed E-state index contributed by atoms with van der Waals surface area (Å²) in [6, 6.07) is 8.52. The molecule has 1 saturated heterocycles. The van der Waals surface area contributed by atoms with Gasteiger partial charge in [-0.25, -0.2) is 4.79 Å². The Kier molecular flexibility index (Phi) is 6.14. The maximum atomic E-state index is 12.2. The highest BCUT2D eigenvalue weighted by Crippen LogP contribution is 2.17. The summed E-state index contributed by atoms with van der Waals surface area (Å²) in [7, 11) is 1.80. The van der Waals surface area contributed by atoms with Crippen LogP contribution < -0.4 is 16.0 Å². The van der Waals surface area contributed by atoms with Crippen LogP contribution in [-0.4, -0.2) is 43.1 Å². The van der Waals surface area contributed by atoms with Crippen LogP contribution in [-0.2, 0) is 6.54 Å². The minimum Gasteiger partial charge on any atom is -0.354 e. The van der Waals surface area contributed by atoms with Crippen molar-refractivity contribution in [3.05, 3.63) is 29.8 Å². The van der Waals surface area contributed by atoms with Crippen molar-refractivity contribution in [3.63, 3.8) is 0 Å². The van der Waals surface area contributed by atoms with Crippen molar-refractivity contribution in [1.82, 2.24) is 15.5 Å². The largest absolute Gasteiger partial charge is 0.354 e. The van der Waals surface area contributed by atoms with Gasteiger partial charge in [-0.05, 0) is 43.4 Å². The van der Waals surface area contributed by atoms with Crippen LogP contribution >= 0.6 is 0 Å². The van der Waals surface area contributed by atoms with Gasteiger partial charge in [0, 0.05) is 38.4 Å². The van der Waals surface area contributed by atoms with Crippen molar-refractivity contribution in [2.24, 2.45) is 4.99 Å². The SMILES string of the molecule is CN=C(NCc1cccc(NC(=O)N2CCCC2)c1)NC1CCCC1. The van der Waals surface area contributed by atoms with Crippen LogP contribution in [0.2, 0.25) is 0 Å². The first-order valence-electron chi connectivity index (χ1n) is 9.36. The first kappa shape index (κ1) is 17.6. The quantitative estimate of drug-likeness (QED) is 0.582. The molecule has 3 rings (SSSR count). The van der Waals surface area contributed by atoms with Crippen molar-refractivity contribution in [1.29, 1.82) is 0 Å². The number of benzene rings is 1. The highest BCUT2D eigenvalue weighted by Gasteiger charge is 2.18. The molecule has 6 nitrogen and oxygen atoms in total. The second kappa shape index (κ2) is 8.74. The number of nitrogens with one attached hydrogen (secondary N) is 3. The predicted molar refractivity (Wildman–Crippen MR) is 102 cm³/mol. The van der Waals surface area contributed by atoms with Crippen LogP contribution in [0.4, 0.5) is 10.5 Å². The highest BCUT2D eigenvalue weighted by atomic mass is 16.2. The number of amides is 2. The van der Waals surface area contributed by atoms with Gasteiger partial charge in [0.05, 0.1) is 0 Å². The first-order chi connectivity index (χ1) is 12.2. The van der Waals surface area contributed by atoms with E-state index in [1.807, 2.05) is 23.1 Å². The zero-order valence-corrected chi connectivity index (χ0v) is 15.1. The Labute approximate surface area is 150 Å². The van der Waals surface area contributed by atoms with Crippen LogP contribution in [0.3, 0.4) is 0 Å². The number of aliphatic imine (C=N–C) groups is 1. The molecule has 0 aromatic heterocycles. The number of likely N-dealkylation sites (tertiary alicyclic amines) is 1. The van der Waals surface area contributed by atoms with Crippen LogP contribution in [0.15, 0.2) is 29.3 Å². The number of nitrogens with zero attached hydrogens (tertiary/aromatic N) is 2. The molecule has 2 aliphatic rings. The fourth-order valence-electron chi connectivity index (χ4n) is 3.53. The smallest absolute Gasteiger partial charge is 0.321 e. The molecule has 2 fully saturated rings. The van der Waals surface area contributed by atoms with E-state index in [4.69, 9.17) is 0 Å². The standard InChI is InChI=1S/C19H29N5O/c1-20-18(22-16-8-2-3-9-16)21-14-15-7-6-10-17(13-15)23-19(25)24-11-4-5-12-24/h6-7,10,13,16H,2-5,8-9,11-12,14H2,1H3,(H,23,25)(H2,20,21,22). The lowest BCUT2D eigenvalue weighted by Gasteiger charge is -2.18. The van der Waals surface area contributed by atoms with Gasteiger partial charge in [0.1, 0.15) is 0 Å². The summed E-state index contributed by atoms with van der Waals surface area (Å²) in [4.78, 5) is 18.4. The summed E-state index contributed by atoms with van der Waals surface area (Å²) in [6.07, 6.45) is 7.24. The average molecular weight is 343 g/mol. The summed E-state index contributed by atoms with van der Waals surface area (Å²) in [5.41, 5.74) is 1.96. The van der Waals surface area contributed by atoms with Crippen LogP contribution in [0.5, 0.6) is 0 Å². The van der Waals surface area contributed by atoms with E-state index < -0.39 is 0 Å². The molecule has 136 valence electrons. The number of guanidine groups is 1. The first-order valence-corrected chi connectivity index (χ1v) is 9.36. The van der Waals surface area contributed by atoms with Crippen LogP contribution in [0, 0.1) is 0 Å². The molecule has 3 N–H and O–H groups in total. The monoisotopic (exact) mass is 343 g/mol. The van der Waals surface area contributed by atoms with E-state index in [9.17, 15) is 4.79 Å². The molecule has 0 radical (unpaired) electrons. The van der Waals surface area contributed by atoms with E-state index in [0.717, 1.165) is 43.1 Å². The summed E-state index contributed by atoms with van der Waals surface area (Å²) in [6.45, 7) is 2.40. The summed E-state index contributed by atoms with van der Waals surface area (Å²) in [5, 5.41) is 9.84. The predicted octanol–water partition coefficient (Wildman–Crippen LogP) is 2.92. The Morgan fingerprint density at radius 2 is 1.96 bits per heavy atom. The number of urea groups is 1. The zero-order chi connectivity index (χ0) is 17.5. The molecule has 1 saturated carbocycles. The number of anilines is 1. The van der Waals surface area contributed by atoms with Gasteiger partial charge in [-0.3, -0.25) is 4.99 Å². The second-order valence-electron chi connectivity index (χ2n) is 6.88. The minimum absolute atomic E-state index is 0.00122. The molecular weight excluding hydrogens is 314 g/mol. The Hall–Kier alpha value is -2.24. The normalized spacial score (nSPS) is 18.4. The molecule has 1 aliphatic heterocycles. The third kappa shape index (κ3) is 5.11. The molecule has 1 aliphatic carbocycles. The van der Waals surface area contributed by atoms with Gasteiger partial charge in [0.15, 0.2) is 5.96 Å². The van der Waals surface area contributed by atoms with E-state index in [0.29, 0.717) is 12.6 Å². The Bertz CT molecular complexity index is 604. The van der Waals surface area contributed by atoms with Crippen LogP contribution in [0.1, 0.15) is 44.1 Å². The van der Waals surface area contributed by atoms with Crippen molar-refractivity contribution >= 4 is 17.7 Å². The van der Waals surface area contributed by atoms with Crippen LogP contribution in [0.25, 0.3) is 0 Å². The Balaban J connectivity index is 1.51. The molecular formula is C19H29N5O. The molecule has 25 heavy (non-hydrogen) atoms. The highest BCUT2D eigenvalue weighted by molar-refractivity contribution is 5.89. The maximum Gasteiger partial charge on any atom is 0.321 e. The van der Waals surface area contributed by atoms with E-state index in [-0.39, 0.29) is 6.03 Å². The summed E-state index contributed by atoms with van der Waals surface area (Å²) >= 11 is 0. The third-order valence-electron chi connectivity index (χ3n) is 4.95. The van der Waals surface area contributed by atoms with Gasteiger partial charge in [-0.1, -0.05) is 25.0 Å². The van der Waals surface area contributed by atoms with Crippen molar-refractivity contribution < 1.29 is 4.79 Å². The third-order valence-corrected chi connectivity index (χ3v) is 4.95. The van der Waals surface area contributed by atoms with Gasteiger partial charge in [0.2, 0.25) is 0 Å². The molecule has 2 amide bonds. The van der Waals surface area contributed by atoms with Gasteiger partial charge in [-0.15, -0.1) is 0 Å². The summed E-state index contributed by atoms with van der Waals surface area (Å²) < 4.78 is 0. The minimum atomic E-state index is 0.00122. The van der Waals surface area contributed by atoms with Gasteiger partial charge in [0.25, 0.3) is 0 Å². The van der Waals surface area contributed by atoms with Gasteiger partial charge >= 0.3 is 6.03 Å². The zero-order valence-electron chi connectivity index (χ0n) is 15.1. The van der Waals surface area contributed by atoms with Crippen molar-refractivity contribution in [2.75, 3.05) is 25.5 Å². The summed E-state index contributed by atoms with van der Waals surface area (Å²) in [5.74, 6) is 0.846. The second-order valence-corrected chi connectivity index (χ2v) is 6.88. The van der Waals surface area contributed by atoms with E-state index in [2.05, 4.69) is 27.0 Å². The molecule has 1 aromatic rings. The van der Waals surface area contributed by atoms with Gasteiger partial charge in [-0.2, -0.15) is 0 Å². The molecule has 0 atom stereocenters. The van der Waals surface area contributed by atoms with Crippen molar-refractivity contribution in [2.45, 2.75) is 51.1 Å². The number of hydrogen-bond acceptors (Lipinski definition) is 2. The topological polar surface area (TPSA) is 68.8 Å². The molecule has 1 heterocycles.